The van der Waals surface area contributed by atoms with Crippen molar-refractivity contribution in [1.29, 1.82) is 0 Å². The van der Waals surface area contributed by atoms with E-state index in [2.05, 4.69) is 13.2 Å². The maximum atomic E-state index is 15.0. The number of methoxy groups -OCH3 is 1. The first-order valence-corrected chi connectivity index (χ1v) is 16.2. The van der Waals surface area contributed by atoms with Gasteiger partial charge in [0.1, 0.15) is 23.3 Å². The lowest BCUT2D eigenvalue weighted by atomic mass is 9.62. The second-order valence-corrected chi connectivity index (χ2v) is 12.9. The number of esters is 1. The third-order valence-electron chi connectivity index (χ3n) is 10.2. The largest absolute Gasteiger partial charge is 0.497 e. The van der Waals surface area contributed by atoms with Gasteiger partial charge in [-0.15, -0.1) is 13.2 Å². The molecular formula is C37H46N2O7. The quantitative estimate of drug-likeness (QED) is 0.172. The van der Waals surface area contributed by atoms with Crippen LogP contribution in [0.4, 0.5) is 5.69 Å². The number of allylic oxidation sites excluding steroid dienone is 1. The van der Waals surface area contributed by atoms with Gasteiger partial charge in [0.15, 0.2) is 0 Å². The van der Waals surface area contributed by atoms with Gasteiger partial charge in [-0.2, -0.15) is 0 Å². The molecule has 9 heteroatoms. The number of aliphatic hydroxyl groups is 1. The highest BCUT2D eigenvalue weighted by atomic mass is 16.6. The smallest absolute Gasteiger partial charge is 0.312 e. The van der Waals surface area contributed by atoms with Crippen LogP contribution in [0.25, 0.3) is 0 Å². The number of amides is 2. The zero-order valence-corrected chi connectivity index (χ0v) is 27.1. The Balaban J connectivity index is 1.58. The first kappa shape index (κ1) is 33.4. The molecule has 3 saturated heterocycles. The van der Waals surface area contributed by atoms with Crippen LogP contribution in [-0.2, 0) is 30.3 Å². The van der Waals surface area contributed by atoms with Crippen LogP contribution in [-0.4, -0.2) is 77.9 Å². The first-order chi connectivity index (χ1) is 22.2. The molecule has 1 spiro atoms. The predicted octanol–water partition coefficient (Wildman–Crippen LogP) is 4.73. The van der Waals surface area contributed by atoms with Gasteiger partial charge in [-0.25, -0.2) is 0 Å². The van der Waals surface area contributed by atoms with E-state index in [1.165, 1.54) is 4.90 Å². The van der Waals surface area contributed by atoms with Gasteiger partial charge in [-0.1, -0.05) is 49.4 Å². The fourth-order valence-corrected chi connectivity index (χ4v) is 7.86. The Hall–Kier alpha value is -3.95. The van der Waals surface area contributed by atoms with Gasteiger partial charge in [0.25, 0.3) is 5.91 Å². The third kappa shape index (κ3) is 5.75. The molecule has 9 nitrogen and oxygen atoms in total. The van der Waals surface area contributed by atoms with Gasteiger partial charge >= 0.3 is 5.97 Å². The van der Waals surface area contributed by atoms with Gasteiger partial charge in [-0.05, 0) is 74.8 Å². The molecule has 3 aliphatic rings. The molecule has 246 valence electrons. The molecule has 3 unspecified atom stereocenters. The summed E-state index contributed by atoms with van der Waals surface area (Å²) in [6.07, 6.45) is 6.53. The van der Waals surface area contributed by atoms with E-state index in [1.54, 1.807) is 42.4 Å². The van der Waals surface area contributed by atoms with Crippen molar-refractivity contribution in [2.45, 2.75) is 69.2 Å². The number of carbonyl (C=O) groups excluding carboxylic acids is 3. The van der Waals surface area contributed by atoms with Crippen molar-refractivity contribution in [3.05, 3.63) is 85.5 Å². The molecule has 3 aliphatic heterocycles. The van der Waals surface area contributed by atoms with Gasteiger partial charge in [0.2, 0.25) is 5.91 Å². The molecule has 2 amide bonds. The highest BCUT2D eigenvalue weighted by molar-refractivity contribution is 6.05. The normalized spacial score (nSPS) is 28.4. The molecule has 0 saturated carbocycles. The summed E-state index contributed by atoms with van der Waals surface area (Å²) in [6, 6.07) is 14.8. The van der Waals surface area contributed by atoms with E-state index in [9.17, 15) is 19.5 Å². The Morgan fingerprint density at radius 2 is 1.85 bits per heavy atom. The minimum Gasteiger partial charge on any atom is -0.497 e. The molecule has 1 N–H and O–H groups in total. The van der Waals surface area contributed by atoms with Gasteiger partial charge < -0.3 is 29.1 Å². The summed E-state index contributed by atoms with van der Waals surface area (Å²) < 4.78 is 18.0. The highest BCUT2D eigenvalue weighted by Crippen LogP contribution is 2.65. The fraction of sp³-hybridized carbons (Fsp3) is 0.486. The molecule has 5 rings (SSSR count). The van der Waals surface area contributed by atoms with Crippen molar-refractivity contribution in [1.82, 2.24) is 4.90 Å². The molecular weight excluding hydrogens is 584 g/mol. The van der Waals surface area contributed by atoms with Gasteiger partial charge in [0.05, 0.1) is 37.9 Å². The monoisotopic (exact) mass is 630 g/mol. The zero-order valence-electron chi connectivity index (χ0n) is 27.1. The van der Waals surface area contributed by atoms with Crippen LogP contribution >= 0.6 is 0 Å². The Morgan fingerprint density at radius 1 is 1.13 bits per heavy atom. The number of benzene rings is 2. The number of fused-ring (bicyclic) bond motifs is 1. The van der Waals surface area contributed by atoms with Crippen molar-refractivity contribution in [3.8, 4) is 5.75 Å². The van der Waals surface area contributed by atoms with E-state index in [0.29, 0.717) is 30.7 Å². The number of rotatable bonds is 15. The minimum atomic E-state index is -1.29. The first-order valence-electron chi connectivity index (χ1n) is 16.2. The predicted molar refractivity (Wildman–Crippen MR) is 175 cm³/mol. The summed E-state index contributed by atoms with van der Waals surface area (Å²) in [5.74, 6) is -2.54. The molecule has 7 atom stereocenters. The van der Waals surface area contributed by atoms with Crippen molar-refractivity contribution in [3.63, 3.8) is 0 Å². The molecule has 2 bridgehead atoms. The number of carbonyl (C=O) groups is 3. The van der Waals surface area contributed by atoms with E-state index in [0.717, 1.165) is 18.4 Å². The number of likely N-dealkylation sites (tertiary alicyclic amines) is 1. The van der Waals surface area contributed by atoms with Crippen molar-refractivity contribution < 1.29 is 33.7 Å². The Bertz CT molecular complexity index is 1430. The lowest BCUT2D eigenvalue weighted by Gasteiger charge is -2.39. The number of anilines is 1. The molecule has 2 aromatic carbocycles. The van der Waals surface area contributed by atoms with Crippen molar-refractivity contribution in [2.24, 2.45) is 17.8 Å². The molecule has 2 aromatic rings. The number of aliphatic hydroxyl groups excluding tert-OH is 1. The average Bonchev–Trinajstić information content (AvgIpc) is 3.58. The summed E-state index contributed by atoms with van der Waals surface area (Å²) in [7, 11) is 1.57. The van der Waals surface area contributed by atoms with Gasteiger partial charge in [0, 0.05) is 12.2 Å². The Morgan fingerprint density at radius 3 is 2.48 bits per heavy atom. The van der Waals surface area contributed by atoms with Gasteiger partial charge in [-0.3, -0.25) is 14.4 Å². The molecule has 0 radical (unpaired) electrons. The van der Waals surface area contributed by atoms with Crippen LogP contribution in [0.2, 0.25) is 0 Å². The molecule has 0 aromatic heterocycles. The average molecular weight is 631 g/mol. The van der Waals surface area contributed by atoms with E-state index >= 15 is 0 Å². The van der Waals surface area contributed by atoms with E-state index in [4.69, 9.17) is 14.2 Å². The van der Waals surface area contributed by atoms with Crippen LogP contribution in [0, 0.1) is 17.8 Å². The van der Waals surface area contributed by atoms with Crippen molar-refractivity contribution in [2.75, 3.05) is 31.8 Å². The summed E-state index contributed by atoms with van der Waals surface area (Å²) in [6.45, 7) is 11.5. The molecule has 46 heavy (non-hydrogen) atoms. The van der Waals surface area contributed by atoms with Crippen LogP contribution in [0.1, 0.15) is 45.1 Å². The zero-order chi connectivity index (χ0) is 33.1. The second-order valence-electron chi connectivity index (χ2n) is 12.9. The standard InChI is InChI=1S/C37H46N2O7/c1-6-8-9-13-21-45-35(43)31-30-33(41)39(28(24-40)22-26-14-11-10-12-15-26)32(37(30)23-25(3)36(31,4)46-37)34(42)38(20-7-2)27-16-18-29(44-5)19-17-27/h6-7,10-12,14-19,25,28,30-32,40H,1-2,8-9,13,20-24H2,3-5H3/t25?,28-,30+,31-,32?,36+,37?/m1/s1. The Labute approximate surface area is 271 Å². The Kier molecular flexibility index (Phi) is 10.0. The van der Waals surface area contributed by atoms with E-state index in [1.807, 2.05) is 50.3 Å². The van der Waals surface area contributed by atoms with Crippen LogP contribution < -0.4 is 9.64 Å². The van der Waals surface area contributed by atoms with Crippen LogP contribution in [0.15, 0.2) is 79.9 Å². The summed E-state index contributed by atoms with van der Waals surface area (Å²) in [4.78, 5) is 46.7. The number of nitrogens with zero attached hydrogens (tertiary/aromatic N) is 2. The summed E-state index contributed by atoms with van der Waals surface area (Å²) in [5, 5.41) is 10.8. The lowest BCUT2D eigenvalue weighted by Crippen LogP contribution is -2.59. The molecule has 3 fully saturated rings. The minimum absolute atomic E-state index is 0.138. The number of hydrogen-bond donors (Lipinski definition) is 1. The lowest BCUT2D eigenvalue weighted by molar-refractivity contribution is -0.162. The number of ether oxygens (including phenoxy) is 3. The van der Waals surface area contributed by atoms with Crippen LogP contribution in [0.3, 0.4) is 0 Å². The summed E-state index contributed by atoms with van der Waals surface area (Å²) in [5.41, 5.74) is -0.774. The fourth-order valence-electron chi connectivity index (χ4n) is 7.86. The van der Waals surface area contributed by atoms with Crippen LogP contribution in [0.5, 0.6) is 5.75 Å². The summed E-state index contributed by atoms with van der Waals surface area (Å²) >= 11 is 0. The second kappa shape index (κ2) is 13.8. The topological polar surface area (TPSA) is 106 Å². The maximum absolute atomic E-state index is 15.0. The molecule has 3 heterocycles. The maximum Gasteiger partial charge on any atom is 0.312 e. The van der Waals surface area contributed by atoms with E-state index < -0.39 is 41.1 Å². The third-order valence-corrected chi connectivity index (χ3v) is 10.2. The molecule has 0 aliphatic carbocycles. The van der Waals surface area contributed by atoms with Crippen molar-refractivity contribution >= 4 is 23.5 Å². The van der Waals surface area contributed by atoms with E-state index in [-0.39, 0.29) is 37.5 Å². The number of hydrogen-bond acceptors (Lipinski definition) is 7. The highest BCUT2D eigenvalue weighted by Gasteiger charge is 2.80. The SMILES string of the molecule is C=CCCCCOC(=O)[C@H]1[C@H]2C(=O)N([C@@H](CO)Cc3ccccc3)C(C(=O)N(CC=C)c3ccc(OC)cc3)C23CC(C)[C@]1(C)O3. The number of unbranched alkanes of at least 4 members (excludes halogenated alkanes) is 2.